The summed E-state index contributed by atoms with van der Waals surface area (Å²) in [5.41, 5.74) is 1.39. The second-order valence-corrected chi connectivity index (χ2v) is 5.97. The van der Waals surface area contributed by atoms with Crippen molar-refractivity contribution in [3.8, 4) is 11.5 Å². The molecule has 0 unspecified atom stereocenters. The van der Waals surface area contributed by atoms with Crippen LogP contribution in [0, 0.1) is 0 Å². The van der Waals surface area contributed by atoms with Crippen molar-refractivity contribution in [2.75, 3.05) is 7.11 Å². The van der Waals surface area contributed by atoms with Gasteiger partial charge in [0.05, 0.1) is 16.1 Å². The number of rotatable bonds is 4. The maximum Gasteiger partial charge on any atom is 0.185 e. The van der Waals surface area contributed by atoms with Crippen LogP contribution in [0.4, 0.5) is 0 Å². The van der Waals surface area contributed by atoms with Crippen molar-refractivity contribution < 1.29 is 14.6 Å². The molecule has 108 valence electrons. The van der Waals surface area contributed by atoms with Gasteiger partial charge in [-0.3, -0.25) is 4.79 Å². The number of aromatic hydroxyl groups is 1. The maximum absolute atomic E-state index is 12.1. The summed E-state index contributed by atoms with van der Waals surface area (Å²) in [7, 11) is 1.57. The number of hydrogen-bond acceptors (Lipinski definition) is 3. The smallest absolute Gasteiger partial charge is 0.185 e. The van der Waals surface area contributed by atoms with E-state index in [-0.39, 0.29) is 11.5 Å². The van der Waals surface area contributed by atoms with Gasteiger partial charge in [-0.1, -0.05) is 12.1 Å². The number of carbonyl (C=O) groups is 1. The predicted molar refractivity (Wildman–Crippen MR) is 89.9 cm³/mol. The van der Waals surface area contributed by atoms with Gasteiger partial charge in [-0.15, -0.1) is 0 Å². The summed E-state index contributed by atoms with van der Waals surface area (Å²) >= 11 is 6.59. The van der Waals surface area contributed by atoms with Crippen LogP contribution in [0.3, 0.4) is 0 Å². The molecule has 0 bridgehead atoms. The summed E-state index contributed by atoms with van der Waals surface area (Å²) in [5.74, 6) is 0.734. The van der Waals surface area contributed by atoms with Gasteiger partial charge < -0.3 is 9.84 Å². The fourth-order valence-electron chi connectivity index (χ4n) is 1.71. The van der Waals surface area contributed by atoms with Gasteiger partial charge in [-0.25, -0.2) is 0 Å². The van der Waals surface area contributed by atoms with E-state index in [1.165, 1.54) is 6.08 Å². The zero-order valence-electron chi connectivity index (χ0n) is 11.1. The molecule has 21 heavy (non-hydrogen) atoms. The molecule has 1 N–H and O–H groups in total. The molecule has 0 saturated heterocycles. The minimum atomic E-state index is -0.109. The zero-order chi connectivity index (χ0) is 15.4. The van der Waals surface area contributed by atoms with Crippen molar-refractivity contribution in [2.45, 2.75) is 0 Å². The monoisotopic (exact) mass is 410 g/mol. The van der Waals surface area contributed by atoms with Crippen LogP contribution in [-0.2, 0) is 0 Å². The van der Waals surface area contributed by atoms with Crippen LogP contribution in [-0.4, -0.2) is 18.0 Å². The molecule has 0 saturated carbocycles. The normalized spacial score (nSPS) is 10.8. The number of ether oxygens (including phenoxy) is 1. The number of benzene rings is 2. The third kappa shape index (κ3) is 3.95. The third-order valence-corrected chi connectivity index (χ3v) is 4.09. The number of phenols is 1. The van der Waals surface area contributed by atoms with Gasteiger partial charge in [0.15, 0.2) is 5.78 Å². The molecule has 2 aromatic rings. The molecule has 0 heterocycles. The second-order valence-electron chi connectivity index (χ2n) is 4.26. The zero-order valence-corrected chi connectivity index (χ0v) is 14.3. The van der Waals surface area contributed by atoms with E-state index in [0.717, 1.165) is 10.0 Å². The van der Waals surface area contributed by atoms with E-state index in [1.807, 2.05) is 0 Å². The molecule has 0 aliphatic carbocycles. The fourth-order valence-corrected chi connectivity index (χ4v) is 2.65. The largest absolute Gasteiger partial charge is 0.507 e. The predicted octanol–water partition coefficient (Wildman–Crippen LogP) is 4.82. The summed E-state index contributed by atoms with van der Waals surface area (Å²) in [6.07, 6.45) is 3.19. The molecule has 0 aliphatic rings. The first kappa shape index (κ1) is 15.8. The SMILES string of the molecule is COc1ccc(C(=O)/C=C/c2ccc(O)c(Br)c2)cc1Br. The van der Waals surface area contributed by atoms with Crippen LogP contribution in [0.15, 0.2) is 51.4 Å². The molecule has 5 heteroatoms. The average Bonchev–Trinajstić information content (AvgIpc) is 2.48. The van der Waals surface area contributed by atoms with Crippen molar-refractivity contribution in [1.82, 2.24) is 0 Å². The van der Waals surface area contributed by atoms with Crippen LogP contribution in [0.2, 0.25) is 0 Å². The molecule has 2 aromatic carbocycles. The molecule has 0 radical (unpaired) electrons. The van der Waals surface area contributed by atoms with Gasteiger partial charge in [-0.05, 0) is 73.8 Å². The minimum Gasteiger partial charge on any atom is -0.507 e. The van der Waals surface area contributed by atoms with Crippen LogP contribution in [0.25, 0.3) is 6.08 Å². The molecule has 0 aromatic heterocycles. The van der Waals surface area contributed by atoms with Crippen molar-refractivity contribution in [2.24, 2.45) is 0 Å². The van der Waals surface area contributed by atoms with Gasteiger partial charge in [0.25, 0.3) is 0 Å². The van der Waals surface area contributed by atoms with Crippen molar-refractivity contribution in [1.29, 1.82) is 0 Å². The van der Waals surface area contributed by atoms with Gasteiger partial charge in [0, 0.05) is 5.56 Å². The Labute approximate surface area is 139 Å². The Bertz CT molecular complexity index is 709. The molecular weight excluding hydrogens is 400 g/mol. The van der Waals surface area contributed by atoms with Crippen LogP contribution < -0.4 is 4.74 Å². The number of allylic oxidation sites excluding steroid dienone is 1. The molecular formula is C16H12Br2O3. The summed E-state index contributed by atoms with van der Waals surface area (Å²) in [6, 6.07) is 10.2. The highest BCUT2D eigenvalue weighted by Gasteiger charge is 2.06. The van der Waals surface area contributed by atoms with Gasteiger partial charge in [0.2, 0.25) is 0 Å². The number of carbonyl (C=O) groups excluding carboxylic acids is 1. The van der Waals surface area contributed by atoms with Crippen LogP contribution >= 0.6 is 31.9 Å². The van der Waals surface area contributed by atoms with E-state index in [2.05, 4.69) is 31.9 Å². The lowest BCUT2D eigenvalue weighted by Crippen LogP contribution is -1.95. The van der Waals surface area contributed by atoms with Crippen molar-refractivity contribution in [3.05, 3.63) is 62.5 Å². The summed E-state index contributed by atoms with van der Waals surface area (Å²) in [4.78, 5) is 12.1. The lowest BCUT2D eigenvalue weighted by molar-refractivity contribution is 0.104. The lowest BCUT2D eigenvalue weighted by atomic mass is 10.1. The van der Waals surface area contributed by atoms with E-state index in [1.54, 1.807) is 49.6 Å². The maximum atomic E-state index is 12.1. The van der Waals surface area contributed by atoms with E-state index < -0.39 is 0 Å². The van der Waals surface area contributed by atoms with Gasteiger partial charge >= 0.3 is 0 Å². The quantitative estimate of drug-likeness (QED) is 0.579. The van der Waals surface area contributed by atoms with E-state index in [0.29, 0.717) is 15.8 Å². The molecule has 3 nitrogen and oxygen atoms in total. The molecule has 0 atom stereocenters. The Morgan fingerprint density at radius 3 is 2.52 bits per heavy atom. The standard InChI is InChI=1S/C16H12Br2O3/c1-21-16-7-4-11(9-13(16)18)14(19)5-2-10-3-6-15(20)12(17)8-10/h2-9,20H,1H3/b5-2+. The number of methoxy groups -OCH3 is 1. The van der Waals surface area contributed by atoms with Gasteiger partial charge in [-0.2, -0.15) is 0 Å². The fraction of sp³-hybridized carbons (Fsp3) is 0.0625. The average molecular weight is 412 g/mol. The van der Waals surface area contributed by atoms with E-state index in [4.69, 9.17) is 4.74 Å². The Kier molecular flexibility index (Phi) is 5.20. The van der Waals surface area contributed by atoms with E-state index >= 15 is 0 Å². The number of ketones is 1. The van der Waals surface area contributed by atoms with E-state index in [9.17, 15) is 9.90 Å². The number of hydrogen-bond donors (Lipinski definition) is 1. The highest BCUT2D eigenvalue weighted by atomic mass is 79.9. The molecule has 0 fully saturated rings. The number of halogens is 2. The summed E-state index contributed by atoms with van der Waals surface area (Å²) in [5, 5.41) is 9.42. The minimum absolute atomic E-state index is 0.109. The molecule has 2 rings (SSSR count). The summed E-state index contributed by atoms with van der Waals surface area (Å²) < 4.78 is 6.45. The first-order valence-electron chi connectivity index (χ1n) is 6.05. The third-order valence-electron chi connectivity index (χ3n) is 2.84. The Balaban J connectivity index is 2.18. The molecule has 0 aliphatic heterocycles. The van der Waals surface area contributed by atoms with Crippen molar-refractivity contribution >= 4 is 43.7 Å². The Morgan fingerprint density at radius 2 is 1.90 bits per heavy atom. The van der Waals surface area contributed by atoms with Crippen molar-refractivity contribution in [3.63, 3.8) is 0 Å². The first-order valence-corrected chi connectivity index (χ1v) is 7.64. The lowest BCUT2D eigenvalue weighted by Gasteiger charge is -2.04. The molecule has 0 spiro atoms. The highest BCUT2D eigenvalue weighted by molar-refractivity contribution is 9.10. The second kappa shape index (κ2) is 6.91. The van der Waals surface area contributed by atoms with Crippen LogP contribution in [0.5, 0.6) is 11.5 Å². The number of phenolic OH excluding ortho intramolecular Hbond substituents is 1. The highest BCUT2D eigenvalue weighted by Crippen LogP contribution is 2.27. The first-order chi connectivity index (χ1) is 10.0. The van der Waals surface area contributed by atoms with Gasteiger partial charge in [0.1, 0.15) is 11.5 Å². The summed E-state index contributed by atoms with van der Waals surface area (Å²) in [6.45, 7) is 0. The topological polar surface area (TPSA) is 46.5 Å². The van der Waals surface area contributed by atoms with Crippen LogP contribution in [0.1, 0.15) is 15.9 Å². The molecule has 0 amide bonds. The Morgan fingerprint density at radius 1 is 1.14 bits per heavy atom. The Hall–Kier alpha value is -1.59.